The second kappa shape index (κ2) is 7.80. The summed E-state index contributed by atoms with van der Waals surface area (Å²) in [7, 11) is 2.24. The molecule has 2 unspecified atom stereocenters. The summed E-state index contributed by atoms with van der Waals surface area (Å²) in [5.74, 6) is 0. The van der Waals surface area contributed by atoms with Crippen molar-refractivity contribution in [2.75, 3.05) is 20.1 Å². The first-order valence-electron chi connectivity index (χ1n) is 7.88. The zero-order valence-electron chi connectivity index (χ0n) is 14.1. The van der Waals surface area contributed by atoms with Gasteiger partial charge in [0.05, 0.1) is 0 Å². The van der Waals surface area contributed by atoms with E-state index in [9.17, 15) is 0 Å². The molecule has 0 aliphatic carbocycles. The molecule has 2 atom stereocenters. The summed E-state index contributed by atoms with van der Waals surface area (Å²) in [6, 6.07) is 12.0. The Morgan fingerprint density at radius 1 is 1.15 bits per heavy atom. The largest absolute Gasteiger partial charge is 0.314 e. The van der Waals surface area contributed by atoms with Gasteiger partial charge in [-0.25, -0.2) is 0 Å². The molecule has 0 saturated carbocycles. The average Bonchev–Trinajstić information content (AvgIpc) is 2.45. The van der Waals surface area contributed by atoms with E-state index in [1.165, 1.54) is 12.0 Å². The van der Waals surface area contributed by atoms with Crippen molar-refractivity contribution in [1.29, 1.82) is 0 Å². The normalized spacial score (nSPS) is 16.4. The predicted octanol–water partition coefficient (Wildman–Crippen LogP) is 3.67. The fourth-order valence-corrected chi connectivity index (χ4v) is 2.54. The van der Waals surface area contributed by atoms with E-state index in [1.54, 1.807) is 0 Å². The standard InChI is InChI=1S/C18H32N2/c1-7-16(4)20(6)14-18(5,13-19-15(2)3)17-11-9-8-10-12-17/h8-12,15-16,19H,7,13-14H2,1-6H3. The minimum Gasteiger partial charge on any atom is -0.314 e. The third kappa shape index (κ3) is 4.92. The molecule has 1 aromatic carbocycles. The number of benzene rings is 1. The highest BCUT2D eigenvalue weighted by molar-refractivity contribution is 5.25. The molecule has 1 rings (SSSR count). The number of hydrogen-bond acceptors (Lipinski definition) is 2. The first-order chi connectivity index (χ1) is 9.39. The van der Waals surface area contributed by atoms with Crippen molar-refractivity contribution in [3.05, 3.63) is 35.9 Å². The highest BCUT2D eigenvalue weighted by Crippen LogP contribution is 2.25. The number of nitrogens with zero attached hydrogens (tertiary/aromatic N) is 1. The highest BCUT2D eigenvalue weighted by atomic mass is 15.1. The van der Waals surface area contributed by atoms with Crippen LogP contribution in [-0.2, 0) is 5.41 Å². The van der Waals surface area contributed by atoms with Gasteiger partial charge in [0.25, 0.3) is 0 Å². The van der Waals surface area contributed by atoms with E-state index in [0.29, 0.717) is 12.1 Å². The molecule has 0 fully saturated rings. The maximum absolute atomic E-state index is 3.62. The molecule has 0 bridgehead atoms. The fourth-order valence-electron chi connectivity index (χ4n) is 2.54. The van der Waals surface area contributed by atoms with Crippen LogP contribution in [-0.4, -0.2) is 37.1 Å². The Labute approximate surface area is 125 Å². The molecule has 1 aromatic rings. The molecule has 114 valence electrons. The summed E-state index contributed by atoms with van der Waals surface area (Å²) >= 11 is 0. The summed E-state index contributed by atoms with van der Waals surface area (Å²) < 4.78 is 0. The van der Waals surface area contributed by atoms with Crippen molar-refractivity contribution in [2.24, 2.45) is 0 Å². The second-order valence-electron chi connectivity index (χ2n) is 6.63. The molecule has 0 radical (unpaired) electrons. The van der Waals surface area contributed by atoms with Crippen molar-refractivity contribution in [2.45, 2.75) is 58.5 Å². The van der Waals surface area contributed by atoms with E-state index in [2.05, 4.69) is 82.2 Å². The number of nitrogens with one attached hydrogen (secondary N) is 1. The van der Waals surface area contributed by atoms with E-state index < -0.39 is 0 Å². The average molecular weight is 276 g/mol. The van der Waals surface area contributed by atoms with Gasteiger partial charge in [0.1, 0.15) is 0 Å². The van der Waals surface area contributed by atoms with Crippen LogP contribution in [0.2, 0.25) is 0 Å². The summed E-state index contributed by atoms with van der Waals surface area (Å²) in [5.41, 5.74) is 1.56. The molecular weight excluding hydrogens is 244 g/mol. The van der Waals surface area contributed by atoms with Crippen LogP contribution in [0, 0.1) is 0 Å². The van der Waals surface area contributed by atoms with E-state index in [1.807, 2.05) is 0 Å². The minimum atomic E-state index is 0.143. The molecule has 0 spiro atoms. The zero-order chi connectivity index (χ0) is 15.2. The Hall–Kier alpha value is -0.860. The topological polar surface area (TPSA) is 15.3 Å². The maximum atomic E-state index is 3.62. The predicted molar refractivity (Wildman–Crippen MR) is 89.3 cm³/mol. The van der Waals surface area contributed by atoms with Crippen LogP contribution in [0.15, 0.2) is 30.3 Å². The van der Waals surface area contributed by atoms with Gasteiger partial charge in [-0.15, -0.1) is 0 Å². The molecule has 0 amide bonds. The van der Waals surface area contributed by atoms with Gasteiger partial charge in [0.15, 0.2) is 0 Å². The van der Waals surface area contributed by atoms with Crippen molar-refractivity contribution in [3.63, 3.8) is 0 Å². The van der Waals surface area contributed by atoms with Crippen LogP contribution >= 0.6 is 0 Å². The van der Waals surface area contributed by atoms with Gasteiger partial charge in [0.2, 0.25) is 0 Å². The van der Waals surface area contributed by atoms with Gasteiger partial charge in [-0.3, -0.25) is 0 Å². The quantitative estimate of drug-likeness (QED) is 0.779. The third-order valence-electron chi connectivity index (χ3n) is 4.31. The Morgan fingerprint density at radius 2 is 1.75 bits per heavy atom. The van der Waals surface area contributed by atoms with Crippen molar-refractivity contribution >= 4 is 0 Å². The first-order valence-corrected chi connectivity index (χ1v) is 7.88. The molecule has 2 heteroatoms. The number of likely N-dealkylation sites (N-methyl/N-ethyl adjacent to an activating group) is 1. The second-order valence-corrected chi connectivity index (χ2v) is 6.63. The lowest BCUT2D eigenvalue weighted by Gasteiger charge is -2.37. The van der Waals surface area contributed by atoms with E-state index in [-0.39, 0.29) is 5.41 Å². The third-order valence-corrected chi connectivity index (χ3v) is 4.31. The SMILES string of the molecule is CCC(C)N(C)CC(C)(CNC(C)C)c1ccccc1. The van der Waals surface area contributed by atoms with Crippen molar-refractivity contribution in [3.8, 4) is 0 Å². The fraction of sp³-hybridized carbons (Fsp3) is 0.667. The van der Waals surface area contributed by atoms with Crippen molar-refractivity contribution < 1.29 is 0 Å². The summed E-state index contributed by atoms with van der Waals surface area (Å²) in [6.45, 7) is 13.4. The molecule has 0 aliphatic heterocycles. The Kier molecular flexibility index (Phi) is 6.70. The smallest absolute Gasteiger partial charge is 0.0177 e. The van der Waals surface area contributed by atoms with Gasteiger partial charge >= 0.3 is 0 Å². The van der Waals surface area contributed by atoms with Gasteiger partial charge in [-0.1, -0.05) is 58.0 Å². The van der Waals surface area contributed by atoms with E-state index in [4.69, 9.17) is 0 Å². The molecule has 0 aromatic heterocycles. The minimum absolute atomic E-state index is 0.143. The van der Waals surface area contributed by atoms with Gasteiger partial charge in [-0.2, -0.15) is 0 Å². The lowest BCUT2D eigenvalue weighted by atomic mass is 9.81. The number of hydrogen-bond donors (Lipinski definition) is 1. The lowest BCUT2D eigenvalue weighted by Crippen LogP contribution is -2.47. The van der Waals surface area contributed by atoms with Crippen LogP contribution in [0.5, 0.6) is 0 Å². The van der Waals surface area contributed by atoms with Gasteiger partial charge in [0, 0.05) is 30.6 Å². The summed E-state index contributed by atoms with van der Waals surface area (Å²) in [4.78, 5) is 2.48. The summed E-state index contributed by atoms with van der Waals surface area (Å²) in [6.07, 6.45) is 1.19. The van der Waals surface area contributed by atoms with Gasteiger partial charge in [-0.05, 0) is 26.0 Å². The molecule has 0 aliphatic rings. The summed E-state index contributed by atoms with van der Waals surface area (Å²) in [5, 5.41) is 3.62. The molecule has 0 saturated heterocycles. The Morgan fingerprint density at radius 3 is 2.25 bits per heavy atom. The zero-order valence-corrected chi connectivity index (χ0v) is 14.1. The van der Waals surface area contributed by atoms with Crippen LogP contribution in [0.25, 0.3) is 0 Å². The van der Waals surface area contributed by atoms with Gasteiger partial charge < -0.3 is 10.2 Å². The molecule has 1 N–H and O–H groups in total. The Bertz CT molecular complexity index is 374. The molecular formula is C18H32N2. The molecule has 20 heavy (non-hydrogen) atoms. The molecule has 0 heterocycles. The first kappa shape index (κ1) is 17.2. The monoisotopic (exact) mass is 276 g/mol. The maximum Gasteiger partial charge on any atom is 0.0177 e. The lowest BCUT2D eigenvalue weighted by molar-refractivity contribution is 0.194. The van der Waals surface area contributed by atoms with E-state index in [0.717, 1.165) is 13.1 Å². The Balaban J connectivity index is 2.89. The van der Waals surface area contributed by atoms with Crippen LogP contribution in [0.4, 0.5) is 0 Å². The van der Waals surface area contributed by atoms with Crippen LogP contribution in [0.1, 0.15) is 46.6 Å². The highest BCUT2D eigenvalue weighted by Gasteiger charge is 2.29. The van der Waals surface area contributed by atoms with Crippen molar-refractivity contribution in [1.82, 2.24) is 10.2 Å². The molecule has 2 nitrogen and oxygen atoms in total. The van der Waals surface area contributed by atoms with Crippen LogP contribution < -0.4 is 5.32 Å². The number of rotatable bonds is 8. The van der Waals surface area contributed by atoms with E-state index >= 15 is 0 Å². The van der Waals surface area contributed by atoms with Crippen LogP contribution in [0.3, 0.4) is 0 Å².